The number of nitrogens with one attached hydrogen (secondary N) is 4. The van der Waals surface area contributed by atoms with Crippen LogP contribution in [0.25, 0.3) is 10.9 Å². The van der Waals surface area contributed by atoms with Crippen LogP contribution >= 0.6 is 0 Å². The van der Waals surface area contributed by atoms with Gasteiger partial charge in [0.25, 0.3) is 0 Å². The van der Waals surface area contributed by atoms with Crippen LogP contribution in [-0.4, -0.2) is 70.2 Å². The molecular formula is C19H25N5O6. The van der Waals surface area contributed by atoms with Gasteiger partial charge in [0, 0.05) is 17.1 Å². The first-order chi connectivity index (χ1) is 14.2. The van der Waals surface area contributed by atoms with Crippen molar-refractivity contribution in [1.29, 1.82) is 0 Å². The number of carboxylic acids is 1. The Morgan fingerprint density at radius 1 is 1.13 bits per heavy atom. The first-order valence-electron chi connectivity index (χ1n) is 9.24. The number of carbonyl (C=O) groups excluding carboxylic acids is 3. The number of nitrogens with two attached hydrogens (primary N) is 1. The van der Waals surface area contributed by atoms with E-state index in [1.165, 1.54) is 6.92 Å². The summed E-state index contributed by atoms with van der Waals surface area (Å²) in [6.07, 6.45) is 2.03. The number of aliphatic carboxylic acids is 1. The average molecular weight is 419 g/mol. The van der Waals surface area contributed by atoms with E-state index in [9.17, 15) is 24.3 Å². The van der Waals surface area contributed by atoms with E-state index in [0.717, 1.165) is 16.5 Å². The maximum atomic E-state index is 12.2. The lowest BCUT2D eigenvalue weighted by atomic mass is 10.1. The predicted octanol–water partition coefficient (Wildman–Crippen LogP) is -1.78. The van der Waals surface area contributed by atoms with Gasteiger partial charge < -0.3 is 36.9 Å². The number of hydrogen-bond acceptors (Lipinski definition) is 6. The molecule has 1 heterocycles. The van der Waals surface area contributed by atoms with Gasteiger partial charge in [0.2, 0.25) is 17.7 Å². The molecule has 2 aromatic rings. The number of aromatic amines is 1. The number of aliphatic hydroxyl groups is 1. The third-order valence-corrected chi connectivity index (χ3v) is 4.44. The van der Waals surface area contributed by atoms with Gasteiger partial charge in [-0.1, -0.05) is 18.2 Å². The van der Waals surface area contributed by atoms with E-state index in [1.807, 2.05) is 24.3 Å². The van der Waals surface area contributed by atoms with Gasteiger partial charge in [-0.05, 0) is 25.0 Å². The van der Waals surface area contributed by atoms with Crippen LogP contribution in [0.3, 0.4) is 0 Å². The molecule has 3 unspecified atom stereocenters. The summed E-state index contributed by atoms with van der Waals surface area (Å²) in [5.74, 6) is -3.41. The van der Waals surface area contributed by atoms with Crippen LogP contribution in [0.1, 0.15) is 12.5 Å². The highest BCUT2D eigenvalue weighted by Gasteiger charge is 2.24. The lowest BCUT2D eigenvalue weighted by molar-refractivity contribution is -0.142. The number of hydrogen-bond donors (Lipinski definition) is 7. The number of para-hydroxylation sites is 1. The lowest BCUT2D eigenvalue weighted by Crippen LogP contribution is -2.54. The summed E-state index contributed by atoms with van der Waals surface area (Å²) < 4.78 is 0. The fourth-order valence-electron chi connectivity index (χ4n) is 2.74. The molecule has 3 atom stereocenters. The summed E-state index contributed by atoms with van der Waals surface area (Å²) in [4.78, 5) is 49.9. The van der Waals surface area contributed by atoms with Crippen molar-refractivity contribution >= 4 is 34.6 Å². The molecule has 0 fully saturated rings. The highest BCUT2D eigenvalue weighted by molar-refractivity contribution is 5.92. The topological polar surface area (TPSA) is 187 Å². The van der Waals surface area contributed by atoms with Crippen molar-refractivity contribution in [2.45, 2.75) is 31.5 Å². The largest absolute Gasteiger partial charge is 0.480 e. The Hall–Kier alpha value is -3.44. The molecule has 1 aromatic carbocycles. The Morgan fingerprint density at radius 2 is 1.83 bits per heavy atom. The van der Waals surface area contributed by atoms with Crippen molar-refractivity contribution in [1.82, 2.24) is 20.9 Å². The maximum absolute atomic E-state index is 12.2. The summed E-state index contributed by atoms with van der Waals surface area (Å²) in [6, 6.07) is 4.13. The molecule has 0 saturated carbocycles. The molecule has 0 saturated heterocycles. The molecule has 0 aliphatic carbocycles. The SMILES string of the molecule is CC(NC(=O)C(CO)NC(=O)CNC(=O)C(N)Cc1c[nH]c2ccccc12)C(=O)O. The van der Waals surface area contributed by atoms with E-state index in [1.54, 1.807) is 6.20 Å². The second kappa shape index (κ2) is 10.4. The number of aliphatic hydroxyl groups excluding tert-OH is 1. The molecule has 11 nitrogen and oxygen atoms in total. The van der Waals surface area contributed by atoms with Gasteiger partial charge in [-0.15, -0.1) is 0 Å². The molecule has 30 heavy (non-hydrogen) atoms. The van der Waals surface area contributed by atoms with E-state index in [-0.39, 0.29) is 6.42 Å². The number of rotatable bonds is 10. The summed E-state index contributed by atoms with van der Waals surface area (Å²) >= 11 is 0. The van der Waals surface area contributed by atoms with Gasteiger partial charge in [0.1, 0.15) is 12.1 Å². The summed E-state index contributed by atoms with van der Waals surface area (Å²) in [5, 5.41) is 25.7. The second-order valence-corrected chi connectivity index (χ2v) is 6.76. The molecular weight excluding hydrogens is 394 g/mol. The maximum Gasteiger partial charge on any atom is 0.325 e. The molecule has 0 aliphatic heterocycles. The van der Waals surface area contributed by atoms with Crippen molar-refractivity contribution in [2.24, 2.45) is 5.73 Å². The van der Waals surface area contributed by atoms with E-state index >= 15 is 0 Å². The number of aromatic nitrogens is 1. The predicted molar refractivity (Wildman–Crippen MR) is 107 cm³/mol. The number of benzene rings is 1. The lowest BCUT2D eigenvalue weighted by Gasteiger charge is -2.18. The molecule has 0 bridgehead atoms. The van der Waals surface area contributed by atoms with Crippen LogP contribution in [0.15, 0.2) is 30.5 Å². The highest BCUT2D eigenvalue weighted by atomic mass is 16.4. The van der Waals surface area contributed by atoms with Crippen LogP contribution in [0.2, 0.25) is 0 Å². The van der Waals surface area contributed by atoms with Crippen LogP contribution < -0.4 is 21.7 Å². The van der Waals surface area contributed by atoms with E-state index < -0.39 is 55.0 Å². The number of amides is 3. The molecule has 0 radical (unpaired) electrons. The van der Waals surface area contributed by atoms with Gasteiger partial charge in [0.05, 0.1) is 19.2 Å². The van der Waals surface area contributed by atoms with E-state index in [2.05, 4.69) is 20.9 Å². The third-order valence-electron chi connectivity index (χ3n) is 4.44. The minimum Gasteiger partial charge on any atom is -0.480 e. The van der Waals surface area contributed by atoms with Gasteiger partial charge in [0.15, 0.2) is 0 Å². The van der Waals surface area contributed by atoms with E-state index in [4.69, 9.17) is 10.8 Å². The Bertz CT molecular complexity index is 927. The van der Waals surface area contributed by atoms with Gasteiger partial charge in [-0.25, -0.2) is 0 Å². The fourth-order valence-corrected chi connectivity index (χ4v) is 2.74. The zero-order valence-electron chi connectivity index (χ0n) is 16.3. The molecule has 3 amide bonds. The fraction of sp³-hybridized carbons (Fsp3) is 0.368. The number of H-pyrrole nitrogens is 1. The van der Waals surface area contributed by atoms with Gasteiger partial charge in [-0.3, -0.25) is 19.2 Å². The number of carboxylic acid groups (broad SMARTS) is 1. The van der Waals surface area contributed by atoms with Crippen LogP contribution in [0.5, 0.6) is 0 Å². The van der Waals surface area contributed by atoms with Gasteiger partial charge >= 0.3 is 5.97 Å². The first-order valence-corrected chi connectivity index (χ1v) is 9.24. The number of fused-ring (bicyclic) bond motifs is 1. The highest BCUT2D eigenvalue weighted by Crippen LogP contribution is 2.18. The Labute approximate surface area is 172 Å². The Morgan fingerprint density at radius 3 is 2.50 bits per heavy atom. The number of carbonyl (C=O) groups is 4. The molecule has 0 aliphatic rings. The second-order valence-electron chi connectivity index (χ2n) is 6.76. The van der Waals surface area contributed by atoms with E-state index in [0.29, 0.717) is 0 Å². The quantitative estimate of drug-likeness (QED) is 0.237. The minimum atomic E-state index is -1.35. The molecule has 11 heteroatoms. The van der Waals surface area contributed by atoms with Crippen molar-refractivity contribution in [3.8, 4) is 0 Å². The molecule has 162 valence electrons. The van der Waals surface area contributed by atoms with Crippen molar-refractivity contribution in [2.75, 3.05) is 13.2 Å². The van der Waals surface area contributed by atoms with Crippen LogP contribution in [0, 0.1) is 0 Å². The van der Waals surface area contributed by atoms with Crippen molar-refractivity contribution in [3.05, 3.63) is 36.0 Å². The first kappa shape index (κ1) is 22.8. The zero-order chi connectivity index (χ0) is 22.3. The summed E-state index contributed by atoms with van der Waals surface area (Å²) in [5.41, 5.74) is 7.71. The van der Waals surface area contributed by atoms with Crippen molar-refractivity contribution < 1.29 is 29.4 Å². The minimum absolute atomic E-state index is 0.256. The average Bonchev–Trinajstić information content (AvgIpc) is 3.12. The Kier molecular flexibility index (Phi) is 7.90. The monoisotopic (exact) mass is 419 g/mol. The third kappa shape index (κ3) is 6.03. The van der Waals surface area contributed by atoms with Crippen LogP contribution in [0.4, 0.5) is 0 Å². The smallest absolute Gasteiger partial charge is 0.325 e. The molecule has 8 N–H and O–H groups in total. The summed E-state index contributed by atoms with van der Waals surface area (Å²) in [6.45, 7) is 0.0441. The summed E-state index contributed by atoms with van der Waals surface area (Å²) in [7, 11) is 0. The Balaban J connectivity index is 1.83. The molecule has 2 rings (SSSR count). The molecule has 1 aromatic heterocycles. The standard InChI is InChI=1S/C19H25N5O6/c1-10(19(29)30)23-18(28)15(9-25)24-16(26)8-22-17(27)13(20)6-11-7-21-14-5-3-2-4-12(11)14/h2-5,7,10,13,15,21,25H,6,8-9,20H2,1H3,(H,22,27)(H,23,28)(H,24,26)(H,29,30). The van der Waals surface area contributed by atoms with Gasteiger partial charge in [-0.2, -0.15) is 0 Å². The zero-order valence-corrected chi connectivity index (χ0v) is 16.3. The molecule has 0 spiro atoms. The normalized spacial score (nSPS) is 13.8. The van der Waals surface area contributed by atoms with Crippen molar-refractivity contribution in [3.63, 3.8) is 0 Å². The van der Waals surface area contributed by atoms with Crippen LogP contribution in [-0.2, 0) is 25.6 Å².